The first-order valence-electron chi connectivity index (χ1n) is 7.79. The standard InChI is InChI=1S/C16H22ClN3O2S/c1-11-6-2-4-8-13(11)18-16(23)20-19-15(21)10-22-14-9-5-3-7-12(14)17/h3,5,7,9,11,13H,2,4,6,8,10H2,1H3,(H,19,21)(H2,18,20,23)/t11-,13-/m1/s1. The molecule has 7 heteroatoms. The fourth-order valence-electron chi connectivity index (χ4n) is 2.60. The van der Waals surface area contributed by atoms with Crippen LogP contribution in [0.25, 0.3) is 0 Å². The van der Waals surface area contributed by atoms with Crippen LogP contribution < -0.4 is 20.9 Å². The first-order chi connectivity index (χ1) is 11.1. The van der Waals surface area contributed by atoms with E-state index < -0.39 is 0 Å². The first-order valence-corrected chi connectivity index (χ1v) is 8.57. The summed E-state index contributed by atoms with van der Waals surface area (Å²) < 4.78 is 5.35. The highest BCUT2D eigenvalue weighted by molar-refractivity contribution is 7.80. The van der Waals surface area contributed by atoms with Crippen molar-refractivity contribution in [1.82, 2.24) is 16.2 Å². The topological polar surface area (TPSA) is 62.4 Å². The van der Waals surface area contributed by atoms with Gasteiger partial charge in [0.15, 0.2) is 11.7 Å². The molecule has 2 rings (SSSR count). The Labute approximate surface area is 147 Å². The van der Waals surface area contributed by atoms with E-state index in [4.69, 9.17) is 28.6 Å². The predicted octanol–water partition coefficient (Wildman–Crippen LogP) is 2.79. The van der Waals surface area contributed by atoms with Gasteiger partial charge in [0.2, 0.25) is 0 Å². The third-order valence-electron chi connectivity index (χ3n) is 3.94. The van der Waals surface area contributed by atoms with Crippen LogP contribution in [0, 0.1) is 5.92 Å². The minimum absolute atomic E-state index is 0.140. The quantitative estimate of drug-likeness (QED) is 0.572. The highest BCUT2D eigenvalue weighted by Gasteiger charge is 2.21. The Hall–Kier alpha value is -1.53. The summed E-state index contributed by atoms with van der Waals surface area (Å²) in [4.78, 5) is 11.8. The van der Waals surface area contributed by atoms with Crippen molar-refractivity contribution in [2.45, 2.75) is 38.6 Å². The Morgan fingerprint density at radius 2 is 2.04 bits per heavy atom. The van der Waals surface area contributed by atoms with E-state index in [1.54, 1.807) is 24.3 Å². The molecule has 0 aromatic heterocycles. The molecule has 1 fully saturated rings. The van der Waals surface area contributed by atoms with E-state index in [0.29, 0.717) is 27.8 Å². The van der Waals surface area contributed by atoms with E-state index in [0.717, 1.165) is 6.42 Å². The molecule has 1 aromatic rings. The van der Waals surface area contributed by atoms with Crippen molar-refractivity contribution in [2.24, 2.45) is 5.92 Å². The van der Waals surface area contributed by atoms with Crippen LogP contribution in [0.1, 0.15) is 32.6 Å². The second-order valence-electron chi connectivity index (χ2n) is 5.73. The number of halogens is 1. The number of nitrogens with one attached hydrogen (secondary N) is 3. The van der Waals surface area contributed by atoms with E-state index in [1.807, 2.05) is 0 Å². The van der Waals surface area contributed by atoms with Gasteiger partial charge in [0, 0.05) is 6.04 Å². The largest absolute Gasteiger partial charge is 0.482 e. The summed E-state index contributed by atoms with van der Waals surface area (Å²) in [5, 5.41) is 4.15. The summed E-state index contributed by atoms with van der Waals surface area (Å²) in [6, 6.07) is 7.37. The fourth-order valence-corrected chi connectivity index (χ4v) is 3.00. The molecule has 1 aliphatic rings. The van der Waals surface area contributed by atoms with Crippen molar-refractivity contribution in [3.63, 3.8) is 0 Å². The Bertz CT molecular complexity index is 556. The minimum atomic E-state index is -0.328. The van der Waals surface area contributed by atoms with Gasteiger partial charge in [-0.25, -0.2) is 0 Å². The van der Waals surface area contributed by atoms with Crippen LogP contribution in [0.4, 0.5) is 0 Å². The monoisotopic (exact) mass is 355 g/mol. The zero-order valence-corrected chi connectivity index (χ0v) is 14.7. The van der Waals surface area contributed by atoms with Crippen LogP contribution in [-0.4, -0.2) is 23.7 Å². The van der Waals surface area contributed by atoms with Gasteiger partial charge in [-0.1, -0.05) is 43.5 Å². The lowest BCUT2D eigenvalue weighted by atomic mass is 9.86. The SMILES string of the molecule is C[C@@H]1CCCC[C@H]1NC(=S)NNC(=O)COc1ccccc1Cl. The molecular formula is C16H22ClN3O2S. The third-order valence-corrected chi connectivity index (χ3v) is 4.47. The highest BCUT2D eigenvalue weighted by Crippen LogP contribution is 2.24. The molecule has 0 saturated heterocycles. The number of ether oxygens (including phenoxy) is 1. The molecule has 1 aliphatic carbocycles. The summed E-state index contributed by atoms with van der Waals surface area (Å²) in [5.74, 6) is 0.731. The molecule has 1 saturated carbocycles. The Morgan fingerprint density at radius 3 is 2.78 bits per heavy atom. The number of amides is 1. The normalized spacial score (nSPS) is 20.4. The van der Waals surface area contributed by atoms with E-state index in [1.165, 1.54) is 19.3 Å². The number of para-hydroxylation sites is 1. The fraction of sp³-hybridized carbons (Fsp3) is 0.500. The molecule has 1 amide bonds. The molecule has 0 radical (unpaired) electrons. The van der Waals surface area contributed by atoms with Crippen LogP contribution >= 0.6 is 23.8 Å². The number of benzene rings is 1. The van der Waals surface area contributed by atoms with Crippen LogP contribution in [0.2, 0.25) is 5.02 Å². The van der Waals surface area contributed by atoms with Crippen LogP contribution in [0.5, 0.6) is 5.75 Å². The second-order valence-corrected chi connectivity index (χ2v) is 6.55. The average molecular weight is 356 g/mol. The Morgan fingerprint density at radius 1 is 1.30 bits per heavy atom. The zero-order chi connectivity index (χ0) is 16.7. The van der Waals surface area contributed by atoms with Crippen molar-refractivity contribution in [1.29, 1.82) is 0 Å². The number of hydrogen-bond donors (Lipinski definition) is 3. The van der Waals surface area contributed by atoms with Gasteiger partial charge in [0.25, 0.3) is 5.91 Å². The summed E-state index contributed by atoms with van der Waals surface area (Å²) >= 11 is 11.2. The number of hydrazine groups is 1. The molecule has 2 atom stereocenters. The summed E-state index contributed by atoms with van der Waals surface area (Å²) in [7, 11) is 0. The summed E-state index contributed by atoms with van der Waals surface area (Å²) in [6.07, 6.45) is 4.79. The van der Waals surface area contributed by atoms with Crippen LogP contribution in [0.15, 0.2) is 24.3 Å². The predicted molar refractivity (Wildman–Crippen MR) is 95.4 cm³/mol. The molecule has 0 aliphatic heterocycles. The molecule has 126 valence electrons. The van der Waals surface area contributed by atoms with Gasteiger partial charge in [-0.2, -0.15) is 0 Å². The van der Waals surface area contributed by atoms with E-state index >= 15 is 0 Å². The molecule has 5 nitrogen and oxygen atoms in total. The lowest BCUT2D eigenvalue weighted by Crippen LogP contribution is -2.52. The summed E-state index contributed by atoms with van der Waals surface area (Å²) in [5.41, 5.74) is 5.22. The average Bonchev–Trinajstić information content (AvgIpc) is 2.54. The zero-order valence-electron chi connectivity index (χ0n) is 13.1. The van der Waals surface area contributed by atoms with Gasteiger partial charge in [-0.15, -0.1) is 0 Å². The smallest absolute Gasteiger partial charge is 0.276 e. The number of carbonyl (C=O) groups excluding carboxylic acids is 1. The van der Waals surface area contributed by atoms with Gasteiger partial charge in [0.1, 0.15) is 5.75 Å². The van der Waals surface area contributed by atoms with E-state index in [2.05, 4.69) is 23.1 Å². The maximum atomic E-state index is 11.8. The van der Waals surface area contributed by atoms with Gasteiger partial charge < -0.3 is 10.1 Å². The van der Waals surface area contributed by atoms with Crippen molar-refractivity contribution >= 4 is 34.8 Å². The minimum Gasteiger partial charge on any atom is -0.482 e. The van der Waals surface area contributed by atoms with Gasteiger partial charge in [-0.05, 0) is 43.1 Å². The molecule has 3 N–H and O–H groups in total. The molecule has 0 heterocycles. The van der Waals surface area contributed by atoms with Gasteiger partial charge >= 0.3 is 0 Å². The number of rotatable bonds is 4. The number of thiocarbonyl (C=S) groups is 1. The molecule has 0 spiro atoms. The lowest BCUT2D eigenvalue weighted by Gasteiger charge is -2.30. The number of hydrogen-bond acceptors (Lipinski definition) is 3. The van der Waals surface area contributed by atoms with Crippen molar-refractivity contribution < 1.29 is 9.53 Å². The van der Waals surface area contributed by atoms with Gasteiger partial charge in [0.05, 0.1) is 5.02 Å². The maximum absolute atomic E-state index is 11.8. The van der Waals surface area contributed by atoms with E-state index in [9.17, 15) is 4.79 Å². The van der Waals surface area contributed by atoms with Gasteiger partial charge in [-0.3, -0.25) is 15.6 Å². The Kier molecular flexibility index (Phi) is 6.92. The Balaban J connectivity index is 1.67. The molecular weight excluding hydrogens is 334 g/mol. The molecule has 1 aromatic carbocycles. The molecule has 0 bridgehead atoms. The van der Waals surface area contributed by atoms with Crippen LogP contribution in [0.3, 0.4) is 0 Å². The highest BCUT2D eigenvalue weighted by atomic mass is 35.5. The first kappa shape index (κ1) is 17.8. The maximum Gasteiger partial charge on any atom is 0.276 e. The summed E-state index contributed by atoms with van der Waals surface area (Å²) in [6.45, 7) is 2.08. The third kappa shape index (κ3) is 5.88. The van der Waals surface area contributed by atoms with E-state index in [-0.39, 0.29) is 12.5 Å². The van der Waals surface area contributed by atoms with Crippen molar-refractivity contribution in [2.75, 3.05) is 6.61 Å². The lowest BCUT2D eigenvalue weighted by molar-refractivity contribution is -0.123. The molecule has 0 unspecified atom stereocenters. The molecule has 23 heavy (non-hydrogen) atoms. The van der Waals surface area contributed by atoms with Crippen molar-refractivity contribution in [3.8, 4) is 5.75 Å². The van der Waals surface area contributed by atoms with Crippen molar-refractivity contribution in [3.05, 3.63) is 29.3 Å². The number of carbonyl (C=O) groups is 1. The second kappa shape index (κ2) is 8.93. The van der Waals surface area contributed by atoms with Crippen LogP contribution in [-0.2, 0) is 4.79 Å².